The van der Waals surface area contributed by atoms with E-state index in [4.69, 9.17) is 18.9 Å². The van der Waals surface area contributed by atoms with Crippen LogP contribution in [0.5, 0.6) is 17.2 Å². The second-order valence-corrected chi connectivity index (χ2v) is 9.08. The van der Waals surface area contributed by atoms with Crippen LogP contribution < -0.4 is 14.2 Å². The van der Waals surface area contributed by atoms with Crippen LogP contribution in [0.4, 0.5) is 0 Å². The van der Waals surface area contributed by atoms with E-state index in [0.29, 0.717) is 18.1 Å². The van der Waals surface area contributed by atoms with E-state index in [2.05, 4.69) is 11.9 Å². The highest BCUT2D eigenvalue weighted by Crippen LogP contribution is 2.42. The van der Waals surface area contributed by atoms with Crippen molar-refractivity contribution in [1.82, 2.24) is 4.90 Å². The molecule has 0 aromatic heterocycles. The third-order valence-electron chi connectivity index (χ3n) is 6.68. The maximum Gasteiger partial charge on any atom is 0.344 e. The molecule has 35 heavy (non-hydrogen) atoms. The standard InChI is InChI=1S/C28H39NO6/c1-5-34-27(30)19-35-23-12-8-20(9-13-23)14-16-29(2)15-6-7-21-10-11-22-17-25(32-3)26(33-4)18-24(22)28(21)31/h8-9,12-13,17-18,21,28,31H,5-7,10-11,14-16,19H2,1-4H3. The van der Waals surface area contributed by atoms with Crippen molar-refractivity contribution in [2.45, 2.75) is 45.1 Å². The Kier molecular flexibility index (Phi) is 10.2. The van der Waals surface area contributed by atoms with Crippen LogP contribution in [0.15, 0.2) is 36.4 Å². The van der Waals surface area contributed by atoms with Crippen molar-refractivity contribution in [2.75, 3.05) is 47.6 Å². The normalized spacial score (nSPS) is 17.1. The number of aliphatic hydroxyl groups is 1. The number of benzene rings is 2. The number of nitrogens with zero attached hydrogens (tertiary/aromatic N) is 1. The lowest BCUT2D eigenvalue weighted by atomic mass is 9.79. The van der Waals surface area contributed by atoms with E-state index in [9.17, 15) is 9.90 Å². The molecule has 7 heteroatoms. The van der Waals surface area contributed by atoms with Gasteiger partial charge < -0.3 is 29.0 Å². The number of aryl methyl sites for hydroxylation is 1. The fourth-order valence-electron chi connectivity index (χ4n) is 4.64. The lowest BCUT2D eigenvalue weighted by Gasteiger charge is -2.31. The van der Waals surface area contributed by atoms with Gasteiger partial charge in [0.15, 0.2) is 18.1 Å². The zero-order valence-corrected chi connectivity index (χ0v) is 21.4. The molecule has 2 aromatic carbocycles. The van der Waals surface area contributed by atoms with Gasteiger partial charge in [-0.1, -0.05) is 12.1 Å². The minimum absolute atomic E-state index is 0.0705. The number of rotatable bonds is 13. The largest absolute Gasteiger partial charge is 0.493 e. The number of methoxy groups -OCH3 is 2. The highest BCUT2D eigenvalue weighted by molar-refractivity contribution is 5.71. The summed E-state index contributed by atoms with van der Waals surface area (Å²) in [5.74, 6) is 1.96. The SMILES string of the molecule is CCOC(=O)COc1ccc(CCN(C)CCCC2CCc3cc(OC)c(OC)cc3C2O)cc1. The number of hydrogen-bond donors (Lipinski definition) is 1. The molecule has 1 N–H and O–H groups in total. The number of fused-ring (bicyclic) bond motifs is 1. The molecule has 192 valence electrons. The summed E-state index contributed by atoms with van der Waals surface area (Å²) in [6.45, 7) is 4.00. The molecule has 0 saturated heterocycles. The predicted molar refractivity (Wildman–Crippen MR) is 135 cm³/mol. The summed E-state index contributed by atoms with van der Waals surface area (Å²) in [6, 6.07) is 11.8. The lowest BCUT2D eigenvalue weighted by molar-refractivity contribution is -0.145. The Morgan fingerprint density at radius 3 is 2.49 bits per heavy atom. The summed E-state index contributed by atoms with van der Waals surface area (Å²) in [6.07, 6.45) is 4.45. The maximum absolute atomic E-state index is 11.4. The van der Waals surface area contributed by atoms with Crippen LogP contribution >= 0.6 is 0 Å². The Balaban J connectivity index is 1.40. The number of ether oxygens (including phenoxy) is 4. The molecule has 2 atom stereocenters. The van der Waals surface area contributed by atoms with E-state index in [1.165, 1.54) is 5.56 Å². The van der Waals surface area contributed by atoms with Gasteiger partial charge in [0.25, 0.3) is 0 Å². The molecule has 0 heterocycles. The predicted octanol–water partition coefficient (Wildman–Crippen LogP) is 4.20. The molecule has 0 amide bonds. The zero-order chi connectivity index (χ0) is 25.2. The summed E-state index contributed by atoms with van der Waals surface area (Å²) in [7, 11) is 5.41. The summed E-state index contributed by atoms with van der Waals surface area (Å²) in [5.41, 5.74) is 3.35. The van der Waals surface area contributed by atoms with E-state index >= 15 is 0 Å². The number of aliphatic hydroxyl groups excluding tert-OH is 1. The molecule has 0 aliphatic heterocycles. The first-order chi connectivity index (χ1) is 16.9. The van der Waals surface area contributed by atoms with Gasteiger partial charge >= 0.3 is 5.97 Å². The Morgan fingerprint density at radius 2 is 1.80 bits per heavy atom. The second kappa shape index (κ2) is 13.4. The van der Waals surface area contributed by atoms with E-state index in [1.807, 2.05) is 36.4 Å². The monoisotopic (exact) mass is 485 g/mol. The van der Waals surface area contributed by atoms with Gasteiger partial charge in [-0.05, 0) is 99.5 Å². The Morgan fingerprint density at radius 1 is 1.09 bits per heavy atom. The number of likely N-dealkylation sites (N-methyl/N-ethyl adjacent to an activating group) is 1. The van der Waals surface area contributed by atoms with E-state index in [0.717, 1.165) is 62.1 Å². The van der Waals surface area contributed by atoms with Crippen molar-refractivity contribution < 1.29 is 28.8 Å². The van der Waals surface area contributed by atoms with Crippen LogP contribution in [0.3, 0.4) is 0 Å². The Labute approximate surface area is 208 Å². The minimum Gasteiger partial charge on any atom is -0.493 e. The van der Waals surface area contributed by atoms with E-state index < -0.39 is 6.10 Å². The maximum atomic E-state index is 11.4. The molecule has 0 radical (unpaired) electrons. The lowest BCUT2D eigenvalue weighted by Crippen LogP contribution is -2.25. The highest BCUT2D eigenvalue weighted by Gasteiger charge is 2.29. The molecule has 0 bridgehead atoms. The van der Waals surface area contributed by atoms with Crippen molar-refractivity contribution in [3.05, 3.63) is 53.1 Å². The Bertz CT molecular complexity index is 945. The van der Waals surface area contributed by atoms with Gasteiger partial charge in [0, 0.05) is 6.54 Å². The first-order valence-electron chi connectivity index (χ1n) is 12.4. The second-order valence-electron chi connectivity index (χ2n) is 9.08. The number of carbonyl (C=O) groups is 1. The highest BCUT2D eigenvalue weighted by atomic mass is 16.6. The number of carbonyl (C=O) groups excluding carboxylic acids is 1. The molecule has 3 rings (SSSR count). The summed E-state index contributed by atoms with van der Waals surface area (Å²) in [4.78, 5) is 13.7. The van der Waals surface area contributed by atoms with Gasteiger partial charge in [0.05, 0.1) is 26.9 Å². The van der Waals surface area contributed by atoms with Crippen LogP contribution in [-0.4, -0.2) is 63.5 Å². The van der Waals surface area contributed by atoms with Crippen molar-refractivity contribution in [3.8, 4) is 17.2 Å². The first kappa shape index (κ1) is 26.8. The molecule has 2 aromatic rings. The van der Waals surface area contributed by atoms with Crippen molar-refractivity contribution >= 4 is 5.97 Å². The zero-order valence-electron chi connectivity index (χ0n) is 21.4. The quantitative estimate of drug-likeness (QED) is 0.426. The third kappa shape index (κ3) is 7.61. The molecule has 1 aliphatic rings. The topological polar surface area (TPSA) is 77.5 Å². The smallest absolute Gasteiger partial charge is 0.344 e. The van der Waals surface area contributed by atoms with Gasteiger partial charge in [-0.3, -0.25) is 0 Å². The van der Waals surface area contributed by atoms with Crippen LogP contribution in [0, 0.1) is 5.92 Å². The molecule has 0 saturated carbocycles. The van der Waals surface area contributed by atoms with Gasteiger partial charge in [0.2, 0.25) is 0 Å². The van der Waals surface area contributed by atoms with Crippen molar-refractivity contribution in [1.29, 1.82) is 0 Å². The van der Waals surface area contributed by atoms with Crippen LogP contribution in [0.2, 0.25) is 0 Å². The number of esters is 1. The average Bonchev–Trinajstić information content (AvgIpc) is 2.87. The first-order valence-corrected chi connectivity index (χ1v) is 12.4. The molecule has 0 spiro atoms. The summed E-state index contributed by atoms with van der Waals surface area (Å²) in [5, 5.41) is 11.0. The minimum atomic E-state index is -0.464. The van der Waals surface area contributed by atoms with Gasteiger partial charge in [-0.2, -0.15) is 0 Å². The van der Waals surface area contributed by atoms with Crippen molar-refractivity contribution in [2.24, 2.45) is 5.92 Å². The van der Waals surface area contributed by atoms with Gasteiger partial charge in [-0.15, -0.1) is 0 Å². The van der Waals surface area contributed by atoms with Crippen LogP contribution in [-0.2, 0) is 22.4 Å². The molecule has 0 fully saturated rings. The summed E-state index contributed by atoms with van der Waals surface area (Å²) < 4.78 is 21.2. The Hall–Kier alpha value is -2.77. The molecule has 7 nitrogen and oxygen atoms in total. The van der Waals surface area contributed by atoms with Crippen LogP contribution in [0.1, 0.15) is 49.0 Å². The van der Waals surface area contributed by atoms with E-state index in [1.54, 1.807) is 21.1 Å². The fraction of sp³-hybridized carbons (Fsp3) is 0.536. The average molecular weight is 486 g/mol. The van der Waals surface area contributed by atoms with Crippen molar-refractivity contribution in [3.63, 3.8) is 0 Å². The molecular formula is C28H39NO6. The fourth-order valence-corrected chi connectivity index (χ4v) is 4.64. The van der Waals surface area contributed by atoms with Crippen LogP contribution in [0.25, 0.3) is 0 Å². The van der Waals surface area contributed by atoms with Gasteiger partial charge in [0.1, 0.15) is 5.75 Å². The molecule has 2 unspecified atom stereocenters. The molecule has 1 aliphatic carbocycles. The third-order valence-corrected chi connectivity index (χ3v) is 6.68. The number of hydrogen-bond acceptors (Lipinski definition) is 7. The molecular weight excluding hydrogens is 446 g/mol. The van der Waals surface area contributed by atoms with E-state index in [-0.39, 0.29) is 18.5 Å². The summed E-state index contributed by atoms with van der Waals surface area (Å²) >= 11 is 0. The van der Waals surface area contributed by atoms with Gasteiger partial charge in [-0.25, -0.2) is 4.79 Å².